The molecule has 0 aliphatic heterocycles. The van der Waals surface area contributed by atoms with Crippen LogP contribution in [-0.2, 0) is 0 Å². The molecular weight excluding hydrogens is 234 g/mol. The Hall–Kier alpha value is -2.24. The summed E-state index contributed by atoms with van der Waals surface area (Å²) in [7, 11) is 0. The summed E-state index contributed by atoms with van der Waals surface area (Å²) in [5.74, 6) is -0.469. The number of nitrogens with two attached hydrogens (primary N) is 1. The van der Waals surface area contributed by atoms with E-state index < -0.39 is 11.3 Å². The van der Waals surface area contributed by atoms with Gasteiger partial charge in [-0.05, 0) is 12.1 Å². The van der Waals surface area contributed by atoms with E-state index in [-0.39, 0.29) is 23.7 Å². The first-order valence-corrected chi connectivity index (χ1v) is 5.42. The summed E-state index contributed by atoms with van der Waals surface area (Å²) in [5, 5.41) is 23.7. The molecule has 18 heavy (non-hydrogen) atoms. The third-order valence-electron chi connectivity index (χ3n) is 2.64. The highest BCUT2D eigenvalue weighted by atomic mass is 16.4. The quantitative estimate of drug-likeness (QED) is 0.276. The van der Waals surface area contributed by atoms with Gasteiger partial charge in [-0.15, -0.1) is 0 Å². The Bertz CT molecular complexity index is 469. The summed E-state index contributed by atoms with van der Waals surface area (Å²) in [5.41, 5.74) is 5.02. The lowest BCUT2D eigenvalue weighted by Crippen LogP contribution is -2.42. The number of rotatable bonds is 4. The van der Waals surface area contributed by atoms with Crippen molar-refractivity contribution in [1.29, 1.82) is 0 Å². The lowest BCUT2D eigenvalue weighted by atomic mass is 9.92. The fourth-order valence-electron chi connectivity index (χ4n) is 1.29. The van der Waals surface area contributed by atoms with Crippen LogP contribution in [0.5, 0.6) is 5.75 Å². The van der Waals surface area contributed by atoms with Crippen LogP contribution in [0.1, 0.15) is 24.2 Å². The molecular formula is C12H17N3O3. The lowest BCUT2D eigenvalue weighted by Gasteiger charge is -2.23. The fraction of sp³-hybridized carbons (Fsp3) is 0.333. The van der Waals surface area contributed by atoms with Gasteiger partial charge in [-0.1, -0.05) is 31.1 Å². The summed E-state index contributed by atoms with van der Waals surface area (Å²) in [6.45, 7) is 3.65. The Morgan fingerprint density at radius 3 is 2.61 bits per heavy atom. The fourth-order valence-corrected chi connectivity index (χ4v) is 1.29. The number of carbonyl (C=O) groups is 1. The van der Waals surface area contributed by atoms with E-state index in [0.717, 1.165) is 0 Å². The minimum absolute atomic E-state index is 0.0279. The molecule has 0 saturated heterocycles. The van der Waals surface area contributed by atoms with Gasteiger partial charge in [-0.2, -0.15) is 0 Å². The smallest absolute Gasteiger partial charge is 0.255 e. The van der Waals surface area contributed by atoms with E-state index in [4.69, 9.17) is 10.9 Å². The highest BCUT2D eigenvalue weighted by Gasteiger charge is 2.24. The van der Waals surface area contributed by atoms with Crippen molar-refractivity contribution in [3.8, 4) is 5.75 Å². The van der Waals surface area contributed by atoms with Crippen LogP contribution in [0.3, 0.4) is 0 Å². The molecule has 0 spiro atoms. The summed E-state index contributed by atoms with van der Waals surface area (Å²) >= 11 is 0. The van der Waals surface area contributed by atoms with E-state index in [9.17, 15) is 9.90 Å². The predicted octanol–water partition coefficient (Wildman–Crippen LogP) is 0.895. The Morgan fingerprint density at radius 1 is 1.44 bits per heavy atom. The van der Waals surface area contributed by atoms with Gasteiger partial charge in [0.25, 0.3) is 5.91 Å². The molecule has 0 aliphatic rings. The third kappa shape index (κ3) is 3.13. The molecule has 0 unspecified atom stereocenters. The first-order valence-electron chi connectivity index (χ1n) is 5.42. The molecule has 0 bridgehead atoms. The second-order valence-electron chi connectivity index (χ2n) is 4.57. The van der Waals surface area contributed by atoms with E-state index in [0.29, 0.717) is 0 Å². The number of hydrogen-bond acceptors (Lipinski definition) is 4. The first kappa shape index (κ1) is 13.8. The third-order valence-corrected chi connectivity index (χ3v) is 2.64. The molecule has 0 heterocycles. The number of benzene rings is 1. The standard InChI is InChI=1S/C12H17N3O3/c1-12(2,11(13)15-18)7-14-10(17)8-5-3-4-6-9(8)16/h3-6,16,18H,7H2,1-2H3,(H2,13,15)(H,14,17). The van der Waals surface area contributed by atoms with E-state index in [1.165, 1.54) is 12.1 Å². The van der Waals surface area contributed by atoms with Crippen LogP contribution in [-0.4, -0.2) is 28.6 Å². The molecule has 1 rings (SSSR count). The van der Waals surface area contributed by atoms with Crippen LogP contribution < -0.4 is 11.1 Å². The molecule has 0 aromatic heterocycles. The summed E-state index contributed by atoms with van der Waals surface area (Å²) in [4.78, 5) is 11.8. The van der Waals surface area contributed by atoms with Crippen molar-refractivity contribution in [3.05, 3.63) is 29.8 Å². The van der Waals surface area contributed by atoms with Crippen LogP contribution >= 0.6 is 0 Å². The number of phenols is 1. The van der Waals surface area contributed by atoms with Crippen molar-refractivity contribution >= 4 is 11.7 Å². The summed E-state index contributed by atoms with van der Waals surface area (Å²) in [6, 6.07) is 6.24. The molecule has 6 nitrogen and oxygen atoms in total. The number of carbonyl (C=O) groups excluding carboxylic acids is 1. The monoisotopic (exact) mass is 251 g/mol. The van der Waals surface area contributed by atoms with Crippen molar-refractivity contribution in [2.45, 2.75) is 13.8 Å². The minimum Gasteiger partial charge on any atom is -0.507 e. The summed E-state index contributed by atoms with van der Waals surface area (Å²) < 4.78 is 0. The minimum atomic E-state index is -0.672. The second-order valence-corrected chi connectivity index (χ2v) is 4.57. The molecule has 5 N–H and O–H groups in total. The maximum atomic E-state index is 11.8. The predicted molar refractivity (Wildman–Crippen MR) is 67.6 cm³/mol. The first-order chi connectivity index (χ1) is 8.38. The van der Waals surface area contributed by atoms with Crippen molar-refractivity contribution < 1.29 is 15.1 Å². The average molecular weight is 251 g/mol. The average Bonchev–Trinajstić information content (AvgIpc) is 2.35. The van der Waals surface area contributed by atoms with Gasteiger partial charge in [0, 0.05) is 12.0 Å². The zero-order chi connectivity index (χ0) is 13.8. The van der Waals surface area contributed by atoms with Crippen molar-refractivity contribution in [3.63, 3.8) is 0 Å². The van der Waals surface area contributed by atoms with E-state index in [2.05, 4.69) is 10.5 Å². The molecule has 0 atom stereocenters. The van der Waals surface area contributed by atoms with Crippen molar-refractivity contribution in [2.75, 3.05) is 6.54 Å². The number of hydrogen-bond donors (Lipinski definition) is 4. The molecule has 6 heteroatoms. The van der Waals surface area contributed by atoms with Crippen LogP contribution in [0.15, 0.2) is 29.4 Å². The number of amides is 1. The van der Waals surface area contributed by atoms with Crippen LogP contribution in [0.2, 0.25) is 0 Å². The molecule has 0 radical (unpaired) electrons. The molecule has 0 fully saturated rings. The van der Waals surface area contributed by atoms with Gasteiger partial charge in [-0.3, -0.25) is 4.79 Å². The molecule has 0 saturated carbocycles. The molecule has 0 aliphatic carbocycles. The van der Waals surface area contributed by atoms with Crippen molar-refractivity contribution in [1.82, 2.24) is 5.32 Å². The van der Waals surface area contributed by atoms with E-state index in [1.54, 1.807) is 26.0 Å². The number of nitrogens with one attached hydrogen (secondary N) is 1. The topological polar surface area (TPSA) is 108 Å². The van der Waals surface area contributed by atoms with Gasteiger partial charge in [-0.25, -0.2) is 0 Å². The zero-order valence-corrected chi connectivity index (χ0v) is 10.3. The zero-order valence-electron chi connectivity index (χ0n) is 10.3. The number of phenolic OH excluding ortho intramolecular Hbond substituents is 1. The highest BCUT2D eigenvalue weighted by molar-refractivity contribution is 5.97. The van der Waals surface area contributed by atoms with E-state index in [1.807, 2.05) is 0 Å². The molecule has 1 aromatic carbocycles. The molecule has 98 valence electrons. The Kier molecular flexibility index (Phi) is 4.14. The van der Waals surface area contributed by atoms with Gasteiger partial charge >= 0.3 is 0 Å². The lowest BCUT2D eigenvalue weighted by molar-refractivity contribution is 0.0941. The molecule has 1 amide bonds. The van der Waals surface area contributed by atoms with Gasteiger partial charge in [0.05, 0.1) is 5.56 Å². The SMILES string of the molecule is CC(C)(CNC(=O)c1ccccc1O)/C(N)=N/O. The Morgan fingerprint density at radius 2 is 2.06 bits per heavy atom. The number of nitrogens with zero attached hydrogens (tertiary/aromatic N) is 1. The maximum absolute atomic E-state index is 11.8. The Labute approximate surface area is 105 Å². The van der Waals surface area contributed by atoms with Crippen LogP contribution in [0.4, 0.5) is 0 Å². The second kappa shape index (κ2) is 5.39. The number of oxime groups is 1. The van der Waals surface area contributed by atoms with Gasteiger partial charge in [0.1, 0.15) is 11.6 Å². The number of amidine groups is 1. The van der Waals surface area contributed by atoms with Gasteiger partial charge in [0.15, 0.2) is 0 Å². The summed E-state index contributed by atoms with van der Waals surface area (Å²) in [6.07, 6.45) is 0. The van der Waals surface area contributed by atoms with Crippen molar-refractivity contribution in [2.24, 2.45) is 16.3 Å². The highest BCUT2D eigenvalue weighted by Crippen LogP contribution is 2.17. The normalized spacial score (nSPS) is 12.2. The maximum Gasteiger partial charge on any atom is 0.255 e. The largest absolute Gasteiger partial charge is 0.507 e. The number of para-hydroxylation sites is 1. The number of aromatic hydroxyl groups is 1. The Balaban J connectivity index is 2.71. The molecule has 1 aromatic rings. The van der Waals surface area contributed by atoms with Gasteiger partial charge < -0.3 is 21.4 Å². The van der Waals surface area contributed by atoms with E-state index >= 15 is 0 Å². The van der Waals surface area contributed by atoms with Crippen LogP contribution in [0, 0.1) is 5.41 Å². The van der Waals surface area contributed by atoms with Crippen LogP contribution in [0.25, 0.3) is 0 Å². The van der Waals surface area contributed by atoms with Gasteiger partial charge in [0.2, 0.25) is 0 Å².